The van der Waals surface area contributed by atoms with Gasteiger partial charge >= 0.3 is 0 Å². The highest BCUT2D eigenvalue weighted by Crippen LogP contribution is 2.34. The Hall–Kier alpha value is -2.47. The predicted molar refractivity (Wildman–Crippen MR) is 77.8 cm³/mol. The Morgan fingerprint density at radius 2 is 2.05 bits per heavy atom. The average molecular weight is 304 g/mol. The van der Waals surface area contributed by atoms with Crippen molar-refractivity contribution in [3.63, 3.8) is 0 Å². The Bertz CT molecular complexity index is 734. The minimum atomic E-state index is -1.02. The van der Waals surface area contributed by atoms with E-state index in [-0.39, 0.29) is 11.7 Å². The summed E-state index contributed by atoms with van der Waals surface area (Å²) in [7, 11) is 0. The highest BCUT2D eigenvalue weighted by atomic mass is 19.2. The van der Waals surface area contributed by atoms with E-state index in [0.717, 1.165) is 17.7 Å². The molecule has 3 N–H and O–H groups in total. The van der Waals surface area contributed by atoms with Gasteiger partial charge in [-0.2, -0.15) is 0 Å². The van der Waals surface area contributed by atoms with E-state index >= 15 is 0 Å². The second-order valence-corrected chi connectivity index (χ2v) is 5.05. The van der Waals surface area contributed by atoms with Gasteiger partial charge in [-0.3, -0.25) is 4.79 Å². The van der Waals surface area contributed by atoms with Gasteiger partial charge in [0, 0.05) is 29.8 Å². The number of carbonyl (C=O) groups excluding carboxylic acids is 1. The summed E-state index contributed by atoms with van der Waals surface area (Å²) in [5.74, 6) is -2.01. The average Bonchev–Trinajstić information content (AvgIpc) is 2.51. The first kappa shape index (κ1) is 14.5. The molecule has 3 rings (SSSR count). The minimum Gasteiger partial charge on any atom is -0.492 e. The quantitative estimate of drug-likeness (QED) is 0.896. The summed E-state index contributed by atoms with van der Waals surface area (Å²) in [5, 5.41) is 2.52. The van der Waals surface area contributed by atoms with E-state index in [1.165, 1.54) is 6.07 Å². The fourth-order valence-corrected chi connectivity index (χ4v) is 2.40. The second-order valence-electron chi connectivity index (χ2n) is 5.05. The number of halogens is 2. The lowest BCUT2D eigenvalue weighted by atomic mass is 9.98. The van der Waals surface area contributed by atoms with Crippen LogP contribution in [0.4, 0.5) is 14.5 Å². The molecule has 0 aliphatic carbocycles. The zero-order chi connectivity index (χ0) is 15.7. The molecule has 22 heavy (non-hydrogen) atoms. The van der Waals surface area contributed by atoms with Gasteiger partial charge in [0.15, 0.2) is 11.6 Å². The van der Waals surface area contributed by atoms with Gasteiger partial charge in [-0.05, 0) is 18.2 Å². The van der Waals surface area contributed by atoms with E-state index in [9.17, 15) is 13.6 Å². The maximum Gasteiger partial charge on any atom is 0.259 e. The summed E-state index contributed by atoms with van der Waals surface area (Å²) < 4.78 is 31.6. The number of rotatable bonds is 2. The standard InChI is InChI=1S/C16H14F2N2O2/c17-12-5-4-9(8-13(12)18)20-16(21)11-3-1-2-10-14(19)6-7-22-15(10)11/h1-5,8,14H,6-7,19H2,(H,20,21)/t14-/m0/s1. The van der Waals surface area contributed by atoms with Crippen molar-refractivity contribution in [3.05, 3.63) is 59.2 Å². The molecular formula is C16H14F2N2O2. The van der Waals surface area contributed by atoms with Crippen LogP contribution in [0.3, 0.4) is 0 Å². The van der Waals surface area contributed by atoms with E-state index in [4.69, 9.17) is 10.5 Å². The highest BCUT2D eigenvalue weighted by Gasteiger charge is 2.23. The third-order valence-corrected chi connectivity index (χ3v) is 3.54. The molecule has 1 atom stereocenters. The summed E-state index contributed by atoms with van der Waals surface area (Å²) in [4.78, 5) is 12.3. The van der Waals surface area contributed by atoms with Gasteiger partial charge in [-0.15, -0.1) is 0 Å². The number of hydrogen-bond donors (Lipinski definition) is 2. The number of benzene rings is 2. The Kier molecular flexibility index (Phi) is 3.77. The van der Waals surface area contributed by atoms with Crippen LogP contribution in [0.5, 0.6) is 5.75 Å². The molecule has 0 unspecified atom stereocenters. The van der Waals surface area contributed by atoms with Crippen LogP contribution in [0.2, 0.25) is 0 Å². The molecule has 0 spiro atoms. The number of amides is 1. The third-order valence-electron chi connectivity index (χ3n) is 3.54. The molecule has 4 nitrogen and oxygen atoms in total. The molecule has 0 bridgehead atoms. The van der Waals surface area contributed by atoms with Gasteiger partial charge in [0.2, 0.25) is 0 Å². The zero-order valence-corrected chi connectivity index (χ0v) is 11.6. The van der Waals surface area contributed by atoms with Crippen LogP contribution in [0.15, 0.2) is 36.4 Å². The van der Waals surface area contributed by atoms with Crippen molar-refractivity contribution in [1.29, 1.82) is 0 Å². The number of fused-ring (bicyclic) bond motifs is 1. The van der Waals surface area contributed by atoms with Crippen molar-refractivity contribution in [2.45, 2.75) is 12.5 Å². The van der Waals surface area contributed by atoms with E-state index in [1.807, 2.05) is 6.07 Å². The van der Waals surface area contributed by atoms with Crippen LogP contribution in [0, 0.1) is 11.6 Å². The molecule has 0 saturated carbocycles. The Morgan fingerprint density at radius 3 is 2.82 bits per heavy atom. The maximum atomic E-state index is 13.2. The van der Waals surface area contributed by atoms with Gasteiger partial charge in [-0.25, -0.2) is 8.78 Å². The van der Waals surface area contributed by atoms with E-state index < -0.39 is 17.5 Å². The monoisotopic (exact) mass is 304 g/mol. The Balaban J connectivity index is 1.89. The normalized spacial score (nSPS) is 16.6. The maximum absolute atomic E-state index is 13.2. The van der Waals surface area contributed by atoms with E-state index in [2.05, 4.69) is 5.32 Å². The van der Waals surface area contributed by atoms with Crippen molar-refractivity contribution in [2.24, 2.45) is 5.73 Å². The Labute approximate surface area is 125 Å². The minimum absolute atomic E-state index is 0.168. The fraction of sp³-hybridized carbons (Fsp3) is 0.188. The van der Waals surface area contributed by atoms with Gasteiger partial charge in [0.1, 0.15) is 5.75 Å². The van der Waals surface area contributed by atoms with Crippen molar-refractivity contribution in [1.82, 2.24) is 0 Å². The first-order valence-corrected chi connectivity index (χ1v) is 6.84. The van der Waals surface area contributed by atoms with E-state index in [1.54, 1.807) is 12.1 Å². The molecular weight excluding hydrogens is 290 g/mol. The molecule has 0 fully saturated rings. The summed E-state index contributed by atoms with van der Waals surface area (Å²) in [6.45, 7) is 0.434. The van der Waals surface area contributed by atoms with Crippen LogP contribution in [0.25, 0.3) is 0 Å². The van der Waals surface area contributed by atoms with Crippen LogP contribution in [0.1, 0.15) is 28.4 Å². The van der Waals surface area contributed by atoms with Gasteiger partial charge in [0.25, 0.3) is 5.91 Å². The predicted octanol–water partition coefficient (Wildman–Crippen LogP) is 3.00. The molecule has 2 aromatic carbocycles. The number of nitrogens with two attached hydrogens (primary N) is 1. The molecule has 0 aromatic heterocycles. The largest absolute Gasteiger partial charge is 0.492 e. The van der Waals surface area contributed by atoms with E-state index in [0.29, 0.717) is 24.3 Å². The number of para-hydroxylation sites is 1. The lowest BCUT2D eigenvalue weighted by Gasteiger charge is -2.24. The van der Waals surface area contributed by atoms with Gasteiger partial charge in [0.05, 0.1) is 12.2 Å². The van der Waals surface area contributed by atoms with Crippen molar-refractivity contribution < 1.29 is 18.3 Å². The molecule has 0 saturated heterocycles. The van der Waals surface area contributed by atoms with Crippen LogP contribution in [-0.2, 0) is 0 Å². The topological polar surface area (TPSA) is 64.3 Å². The first-order chi connectivity index (χ1) is 10.6. The molecule has 114 valence electrons. The summed E-state index contributed by atoms with van der Waals surface area (Å²) >= 11 is 0. The van der Waals surface area contributed by atoms with Crippen molar-refractivity contribution in [3.8, 4) is 5.75 Å². The number of nitrogens with one attached hydrogen (secondary N) is 1. The second kappa shape index (κ2) is 5.73. The Morgan fingerprint density at radius 1 is 1.23 bits per heavy atom. The molecule has 1 heterocycles. The lowest BCUT2D eigenvalue weighted by Crippen LogP contribution is -2.23. The molecule has 0 radical (unpaired) electrons. The van der Waals surface area contributed by atoms with Gasteiger partial charge < -0.3 is 15.8 Å². The molecule has 1 amide bonds. The summed E-state index contributed by atoms with van der Waals surface area (Å²) in [6.07, 6.45) is 0.682. The number of hydrogen-bond acceptors (Lipinski definition) is 3. The fourth-order valence-electron chi connectivity index (χ4n) is 2.40. The number of ether oxygens (including phenoxy) is 1. The van der Waals surface area contributed by atoms with Crippen molar-refractivity contribution in [2.75, 3.05) is 11.9 Å². The highest BCUT2D eigenvalue weighted by molar-refractivity contribution is 6.06. The van der Waals surface area contributed by atoms with Crippen LogP contribution in [-0.4, -0.2) is 12.5 Å². The smallest absolute Gasteiger partial charge is 0.259 e. The third kappa shape index (κ3) is 2.65. The van der Waals surface area contributed by atoms with Crippen molar-refractivity contribution >= 4 is 11.6 Å². The summed E-state index contributed by atoms with van der Waals surface area (Å²) in [6, 6.07) is 8.12. The summed E-state index contributed by atoms with van der Waals surface area (Å²) in [5.41, 5.74) is 7.25. The SMILES string of the molecule is N[C@H]1CCOc2c(C(=O)Nc3ccc(F)c(F)c3)cccc21. The van der Waals surface area contributed by atoms with Gasteiger partial charge in [-0.1, -0.05) is 12.1 Å². The molecule has 1 aliphatic rings. The number of carbonyl (C=O) groups is 1. The molecule has 2 aromatic rings. The first-order valence-electron chi connectivity index (χ1n) is 6.84. The zero-order valence-electron chi connectivity index (χ0n) is 11.6. The molecule has 1 aliphatic heterocycles. The number of anilines is 1. The van der Waals surface area contributed by atoms with Crippen LogP contribution < -0.4 is 15.8 Å². The lowest BCUT2D eigenvalue weighted by molar-refractivity contribution is 0.102. The molecule has 6 heteroatoms. The van der Waals surface area contributed by atoms with Crippen LogP contribution >= 0.6 is 0 Å².